The van der Waals surface area contributed by atoms with Gasteiger partial charge in [0.05, 0.1) is 18.0 Å². The molecule has 0 heterocycles. The predicted octanol–water partition coefficient (Wildman–Crippen LogP) is 3.19. The average molecular weight is 435 g/mol. The van der Waals surface area contributed by atoms with Gasteiger partial charge in [-0.05, 0) is 61.2 Å². The van der Waals surface area contributed by atoms with E-state index in [9.17, 15) is 13.2 Å². The molecule has 0 aliphatic rings. The molecule has 0 unspecified atom stereocenters. The van der Waals surface area contributed by atoms with Crippen LogP contribution in [0.1, 0.15) is 37.9 Å². The lowest BCUT2D eigenvalue weighted by Gasteiger charge is -2.16. The molecule has 2 aromatic rings. The van der Waals surface area contributed by atoms with Crippen LogP contribution in [0.5, 0.6) is 11.5 Å². The maximum absolute atomic E-state index is 12.3. The molecule has 0 fully saturated rings. The van der Waals surface area contributed by atoms with Crippen molar-refractivity contribution in [3.63, 3.8) is 0 Å². The minimum absolute atomic E-state index is 0.168. The van der Waals surface area contributed by atoms with E-state index in [0.717, 1.165) is 11.3 Å². The maximum atomic E-state index is 12.3. The summed E-state index contributed by atoms with van der Waals surface area (Å²) >= 11 is 0. The number of methoxy groups -OCH3 is 1. The molecule has 0 aliphatic carbocycles. The highest BCUT2D eigenvalue weighted by atomic mass is 32.2. The molecule has 0 saturated heterocycles. The molecule has 0 aromatic heterocycles. The van der Waals surface area contributed by atoms with Gasteiger partial charge in [-0.1, -0.05) is 26.0 Å². The Balaban J connectivity index is 1.94. The molecule has 7 nitrogen and oxygen atoms in total. The third-order valence-corrected chi connectivity index (χ3v) is 5.91. The van der Waals surface area contributed by atoms with Crippen LogP contribution in [0.15, 0.2) is 47.4 Å². The maximum Gasteiger partial charge on any atom is 0.258 e. The summed E-state index contributed by atoms with van der Waals surface area (Å²) in [5.74, 6) is 1.15. The molecule has 2 N–H and O–H groups in total. The summed E-state index contributed by atoms with van der Waals surface area (Å²) in [5, 5.41) is 2.88. The highest BCUT2D eigenvalue weighted by molar-refractivity contribution is 7.89. The number of carbonyl (C=O) groups is 1. The lowest BCUT2D eigenvalue weighted by atomic mass is 10.1. The monoisotopic (exact) mass is 434 g/mol. The first-order valence-corrected chi connectivity index (χ1v) is 11.3. The van der Waals surface area contributed by atoms with E-state index in [1.54, 1.807) is 20.1 Å². The summed E-state index contributed by atoms with van der Waals surface area (Å²) in [5.41, 5.74) is 1.59. The first-order valence-electron chi connectivity index (χ1n) is 9.79. The molecule has 2 rings (SSSR count). The third kappa shape index (κ3) is 6.74. The smallest absolute Gasteiger partial charge is 0.258 e. The van der Waals surface area contributed by atoms with Gasteiger partial charge in [0.15, 0.2) is 6.61 Å². The normalized spacial score (nSPS) is 12.5. The Morgan fingerprint density at radius 3 is 2.30 bits per heavy atom. The highest BCUT2D eigenvalue weighted by Crippen LogP contribution is 2.22. The van der Waals surface area contributed by atoms with Crippen molar-refractivity contribution in [3.05, 3.63) is 53.6 Å². The summed E-state index contributed by atoms with van der Waals surface area (Å²) in [7, 11) is -1.97. The highest BCUT2D eigenvalue weighted by Gasteiger charge is 2.16. The molecule has 0 bridgehead atoms. The first kappa shape index (κ1) is 23.7. The molecule has 0 spiro atoms. The van der Waals surface area contributed by atoms with Crippen LogP contribution >= 0.6 is 0 Å². The van der Waals surface area contributed by atoms with Gasteiger partial charge >= 0.3 is 0 Å². The second-order valence-corrected chi connectivity index (χ2v) is 9.29. The number of amides is 1. The number of hydrogen-bond donors (Lipinski definition) is 2. The zero-order valence-electron chi connectivity index (χ0n) is 18.1. The van der Waals surface area contributed by atoms with Gasteiger partial charge in [0.1, 0.15) is 11.5 Å². The Bertz CT molecular complexity index is 956. The number of benzene rings is 2. The molecule has 164 valence electrons. The number of aryl methyl sites for hydroxylation is 1. The molecule has 30 heavy (non-hydrogen) atoms. The molecule has 2 aromatic carbocycles. The van der Waals surface area contributed by atoms with Crippen molar-refractivity contribution in [3.8, 4) is 11.5 Å². The predicted molar refractivity (Wildman–Crippen MR) is 116 cm³/mol. The van der Waals surface area contributed by atoms with Crippen molar-refractivity contribution in [1.29, 1.82) is 0 Å². The van der Waals surface area contributed by atoms with Crippen LogP contribution in [-0.4, -0.2) is 34.6 Å². The molecular weight excluding hydrogens is 404 g/mol. The van der Waals surface area contributed by atoms with E-state index in [4.69, 9.17) is 9.47 Å². The Hall–Kier alpha value is -2.58. The van der Waals surface area contributed by atoms with Crippen molar-refractivity contribution < 1.29 is 22.7 Å². The van der Waals surface area contributed by atoms with Gasteiger partial charge in [-0.2, -0.15) is 0 Å². The number of carbonyl (C=O) groups excluding carboxylic acids is 1. The molecule has 1 atom stereocenters. The van der Waals surface area contributed by atoms with Gasteiger partial charge in [-0.3, -0.25) is 4.79 Å². The summed E-state index contributed by atoms with van der Waals surface area (Å²) in [4.78, 5) is 12.4. The lowest BCUT2D eigenvalue weighted by Crippen LogP contribution is -2.31. The minimum atomic E-state index is -3.57. The number of rotatable bonds is 10. The van der Waals surface area contributed by atoms with Gasteiger partial charge in [0.25, 0.3) is 5.91 Å². The summed E-state index contributed by atoms with van der Waals surface area (Å²) in [6.45, 7) is 7.70. The summed E-state index contributed by atoms with van der Waals surface area (Å²) in [6.07, 6.45) is 0. The van der Waals surface area contributed by atoms with Crippen molar-refractivity contribution in [2.45, 2.75) is 38.6 Å². The van der Waals surface area contributed by atoms with Crippen LogP contribution < -0.4 is 19.5 Å². The van der Waals surface area contributed by atoms with E-state index < -0.39 is 10.0 Å². The topological polar surface area (TPSA) is 93.7 Å². The second-order valence-electron chi connectivity index (χ2n) is 7.52. The Morgan fingerprint density at radius 1 is 1.07 bits per heavy atom. The van der Waals surface area contributed by atoms with E-state index in [-0.39, 0.29) is 29.4 Å². The van der Waals surface area contributed by atoms with Crippen LogP contribution in [0.2, 0.25) is 0 Å². The lowest BCUT2D eigenvalue weighted by molar-refractivity contribution is -0.123. The molecular formula is C22H30N2O5S. The van der Waals surface area contributed by atoms with Gasteiger partial charge in [-0.15, -0.1) is 0 Å². The summed E-state index contributed by atoms with van der Waals surface area (Å²) in [6, 6.07) is 11.8. The molecule has 1 amide bonds. The quantitative estimate of drug-likeness (QED) is 0.599. The Kier molecular flexibility index (Phi) is 8.25. The second kappa shape index (κ2) is 10.4. The van der Waals surface area contributed by atoms with Gasteiger partial charge in [-0.25, -0.2) is 13.1 Å². The molecule has 0 aliphatic heterocycles. The van der Waals surface area contributed by atoms with E-state index in [1.807, 2.05) is 45.0 Å². The van der Waals surface area contributed by atoms with Crippen molar-refractivity contribution >= 4 is 15.9 Å². The zero-order valence-corrected chi connectivity index (χ0v) is 18.9. The van der Waals surface area contributed by atoms with Crippen molar-refractivity contribution in [1.82, 2.24) is 10.0 Å². The SMILES string of the molecule is COc1ccc([C@H](C)NC(=O)COc2ccc(S(=O)(=O)NCC(C)C)cc2C)cc1. The van der Waals surface area contributed by atoms with Crippen LogP contribution in [0.4, 0.5) is 0 Å². The fraction of sp³-hybridized carbons (Fsp3) is 0.409. The number of sulfonamides is 1. The van der Waals surface area contributed by atoms with Crippen molar-refractivity contribution in [2.24, 2.45) is 5.92 Å². The Morgan fingerprint density at radius 2 is 1.73 bits per heavy atom. The van der Waals surface area contributed by atoms with E-state index in [0.29, 0.717) is 17.9 Å². The standard InChI is InChI=1S/C22H30N2O5S/c1-15(2)13-23-30(26,27)20-10-11-21(16(3)12-20)29-14-22(25)24-17(4)18-6-8-19(28-5)9-7-18/h6-12,15,17,23H,13-14H2,1-5H3,(H,24,25)/t17-/m0/s1. The zero-order chi connectivity index (χ0) is 22.3. The third-order valence-electron chi connectivity index (χ3n) is 4.49. The first-order chi connectivity index (χ1) is 14.1. The van der Waals surface area contributed by atoms with Crippen LogP contribution in [0.25, 0.3) is 0 Å². The molecule has 8 heteroatoms. The number of hydrogen-bond acceptors (Lipinski definition) is 5. The molecule has 0 radical (unpaired) electrons. The van der Waals surface area contributed by atoms with Crippen LogP contribution in [0.3, 0.4) is 0 Å². The molecule has 0 saturated carbocycles. The van der Waals surface area contributed by atoms with E-state index in [2.05, 4.69) is 10.0 Å². The summed E-state index contributed by atoms with van der Waals surface area (Å²) < 4.78 is 38.0. The fourth-order valence-electron chi connectivity index (χ4n) is 2.71. The number of nitrogens with one attached hydrogen (secondary N) is 2. The van der Waals surface area contributed by atoms with Crippen LogP contribution in [-0.2, 0) is 14.8 Å². The van der Waals surface area contributed by atoms with E-state index >= 15 is 0 Å². The number of ether oxygens (including phenoxy) is 2. The largest absolute Gasteiger partial charge is 0.497 e. The fourth-order valence-corrected chi connectivity index (χ4v) is 4.01. The minimum Gasteiger partial charge on any atom is -0.497 e. The van der Waals surface area contributed by atoms with Crippen molar-refractivity contribution in [2.75, 3.05) is 20.3 Å². The van der Waals surface area contributed by atoms with E-state index in [1.165, 1.54) is 12.1 Å². The van der Waals surface area contributed by atoms with Gasteiger partial charge in [0, 0.05) is 6.54 Å². The Labute approximate surface area is 178 Å². The van der Waals surface area contributed by atoms with Gasteiger partial charge < -0.3 is 14.8 Å². The van der Waals surface area contributed by atoms with Gasteiger partial charge in [0.2, 0.25) is 10.0 Å². The van der Waals surface area contributed by atoms with Crippen LogP contribution in [0, 0.1) is 12.8 Å². The average Bonchev–Trinajstić information content (AvgIpc) is 2.71.